The van der Waals surface area contributed by atoms with Gasteiger partial charge < -0.3 is 11.1 Å². The van der Waals surface area contributed by atoms with E-state index in [1.54, 1.807) is 0 Å². The van der Waals surface area contributed by atoms with Crippen molar-refractivity contribution in [1.82, 2.24) is 5.32 Å². The normalized spacial score (nSPS) is 31.6. The van der Waals surface area contributed by atoms with Crippen LogP contribution in [0, 0.1) is 0 Å². The van der Waals surface area contributed by atoms with E-state index in [4.69, 9.17) is 5.73 Å². The number of rotatable bonds is 2. The van der Waals surface area contributed by atoms with E-state index in [1.165, 1.54) is 0 Å². The predicted octanol–water partition coefficient (Wildman–Crippen LogP) is 0.392. The monoisotopic (exact) mass is 156 g/mol. The highest BCUT2D eigenvalue weighted by Crippen LogP contribution is 2.11. The van der Waals surface area contributed by atoms with Gasteiger partial charge in [-0.2, -0.15) is 0 Å². The van der Waals surface area contributed by atoms with E-state index < -0.39 is 0 Å². The summed E-state index contributed by atoms with van der Waals surface area (Å²) in [5.41, 5.74) is 5.68. The van der Waals surface area contributed by atoms with Gasteiger partial charge >= 0.3 is 0 Å². The van der Waals surface area contributed by atoms with Gasteiger partial charge in [0, 0.05) is 18.5 Å². The zero-order valence-corrected chi connectivity index (χ0v) is 6.97. The fraction of sp³-hybridized carbons (Fsp3) is 0.875. The van der Waals surface area contributed by atoms with Gasteiger partial charge in [-0.3, -0.25) is 4.79 Å². The van der Waals surface area contributed by atoms with Crippen LogP contribution in [-0.2, 0) is 4.79 Å². The van der Waals surface area contributed by atoms with E-state index in [0.717, 1.165) is 19.3 Å². The van der Waals surface area contributed by atoms with Crippen LogP contribution in [0.2, 0.25) is 0 Å². The van der Waals surface area contributed by atoms with Crippen LogP contribution in [0.15, 0.2) is 0 Å². The van der Waals surface area contributed by atoms with Crippen molar-refractivity contribution in [1.29, 1.82) is 0 Å². The molecule has 1 saturated heterocycles. The minimum Gasteiger partial charge on any atom is -0.353 e. The van der Waals surface area contributed by atoms with Crippen LogP contribution in [0.4, 0.5) is 0 Å². The molecule has 1 heterocycles. The number of hydrogen-bond donors (Lipinski definition) is 2. The molecular formula is C8H16N2O. The molecule has 0 spiro atoms. The molecule has 1 amide bonds. The van der Waals surface area contributed by atoms with Crippen molar-refractivity contribution in [2.45, 2.75) is 44.7 Å². The van der Waals surface area contributed by atoms with Gasteiger partial charge in [-0.25, -0.2) is 0 Å². The first-order valence-corrected chi connectivity index (χ1v) is 4.27. The molecule has 3 nitrogen and oxygen atoms in total. The van der Waals surface area contributed by atoms with E-state index in [-0.39, 0.29) is 11.9 Å². The molecule has 3 N–H and O–H groups in total. The number of hydrogen-bond acceptors (Lipinski definition) is 2. The topological polar surface area (TPSA) is 55.1 Å². The highest BCUT2D eigenvalue weighted by Gasteiger charge is 2.22. The summed E-state index contributed by atoms with van der Waals surface area (Å²) >= 11 is 0. The summed E-state index contributed by atoms with van der Waals surface area (Å²) in [5.74, 6) is 0.113. The zero-order valence-electron chi connectivity index (χ0n) is 6.97. The Morgan fingerprint density at radius 2 is 2.45 bits per heavy atom. The first kappa shape index (κ1) is 8.53. The molecule has 3 heteroatoms. The van der Waals surface area contributed by atoms with Crippen molar-refractivity contribution in [3.8, 4) is 0 Å². The Morgan fingerprint density at radius 3 is 3.00 bits per heavy atom. The third kappa shape index (κ3) is 2.50. The third-order valence-corrected chi connectivity index (χ3v) is 2.04. The Morgan fingerprint density at radius 1 is 1.73 bits per heavy atom. The van der Waals surface area contributed by atoms with Gasteiger partial charge in [0.1, 0.15) is 0 Å². The summed E-state index contributed by atoms with van der Waals surface area (Å²) in [6, 6.07) is 0.413. The molecule has 1 fully saturated rings. The summed E-state index contributed by atoms with van der Waals surface area (Å²) in [4.78, 5) is 11.0. The molecule has 0 bridgehead atoms. The van der Waals surface area contributed by atoms with E-state index in [2.05, 4.69) is 12.2 Å². The van der Waals surface area contributed by atoms with Gasteiger partial charge in [-0.1, -0.05) is 13.3 Å². The van der Waals surface area contributed by atoms with E-state index in [0.29, 0.717) is 12.5 Å². The van der Waals surface area contributed by atoms with Gasteiger partial charge in [0.05, 0.1) is 0 Å². The zero-order chi connectivity index (χ0) is 8.27. The smallest absolute Gasteiger partial charge is 0.221 e. The van der Waals surface area contributed by atoms with Crippen LogP contribution in [0.1, 0.15) is 32.6 Å². The van der Waals surface area contributed by atoms with Crippen LogP contribution in [0.5, 0.6) is 0 Å². The van der Waals surface area contributed by atoms with Crippen LogP contribution in [-0.4, -0.2) is 18.0 Å². The molecule has 0 aromatic rings. The van der Waals surface area contributed by atoms with Crippen molar-refractivity contribution < 1.29 is 4.79 Å². The van der Waals surface area contributed by atoms with Crippen molar-refractivity contribution in [2.75, 3.05) is 0 Å². The maximum Gasteiger partial charge on any atom is 0.221 e. The van der Waals surface area contributed by atoms with Crippen molar-refractivity contribution in [2.24, 2.45) is 5.73 Å². The lowest BCUT2D eigenvalue weighted by molar-refractivity contribution is -0.123. The standard InChI is InChI=1S/C8H16N2O/c1-2-3-7-4-6(9)5-8(11)10-7/h6-7H,2-5,9H2,1H3,(H,10,11). The molecule has 2 unspecified atom stereocenters. The fourth-order valence-corrected chi connectivity index (χ4v) is 1.57. The largest absolute Gasteiger partial charge is 0.353 e. The van der Waals surface area contributed by atoms with Crippen molar-refractivity contribution >= 4 is 5.91 Å². The van der Waals surface area contributed by atoms with Crippen LogP contribution < -0.4 is 11.1 Å². The van der Waals surface area contributed by atoms with Gasteiger partial charge in [-0.15, -0.1) is 0 Å². The number of piperidine rings is 1. The lowest BCUT2D eigenvalue weighted by Gasteiger charge is -2.27. The van der Waals surface area contributed by atoms with Crippen molar-refractivity contribution in [3.63, 3.8) is 0 Å². The molecule has 1 rings (SSSR count). The van der Waals surface area contributed by atoms with E-state index in [1.807, 2.05) is 0 Å². The summed E-state index contributed by atoms with van der Waals surface area (Å²) in [5, 5.41) is 2.93. The molecule has 1 aliphatic heterocycles. The first-order valence-electron chi connectivity index (χ1n) is 4.27. The fourth-order valence-electron chi connectivity index (χ4n) is 1.57. The first-order chi connectivity index (χ1) is 5.22. The summed E-state index contributed by atoms with van der Waals surface area (Å²) in [6.07, 6.45) is 3.61. The summed E-state index contributed by atoms with van der Waals surface area (Å²) in [7, 11) is 0. The Kier molecular flexibility index (Phi) is 2.88. The molecular weight excluding hydrogens is 140 g/mol. The number of nitrogens with two attached hydrogens (primary N) is 1. The highest BCUT2D eigenvalue weighted by atomic mass is 16.1. The summed E-state index contributed by atoms with van der Waals surface area (Å²) in [6.45, 7) is 2.12. The number of carbonyl (C=O) groups is 1. The van der Waals surface area contributed by atoms with Gasteiger partial charge in [0.2, 0.25) is 5.91 Å². The van der Waals surface area contributed by atoms with Gasteiger partial charge in [0.25, 0.3) is 0 Å². The highest BCUT2D eigenvalue weighted by molar-refractivity contribution is 5.77. The predicted molar refractivity (Wildman–Crippen MR) is 44.0 cm³/mol. The Hall–Kier alpha value is -0.570. The number of carbonyl (C=O) groups excluding carboxylic acids is 1. The summed E-state index contributed by atoms with van der Waals surface area (Å²) < 4.78 is 0. The molecule has 64 valence electrons. The minimum absolute atomic E-state index is 0.0836. The number of nitrogens with one attached hydrogen (secondary N) is 1. The molecule has 2 atom stereocenters. The number of amides is 1. The lowest BCUT2D eigenvalue weighted by atomic mass is 9.97. The van der Waals surface area contributed by atoms with Gasteiger partial charge in [-0.05, 0) is 12.8 Å². The van der Waals surface area contributed by atoms with Gasteiger partial charge in [0.15, 0.2) is 0 Å². The Balaban J connectivity index is 2.36. The van der Waals surface area contributed by atoms with Crippen LogP contribution in [0.25, 0.3) is 0 Å². The maximum atomic E-state index is 11.0. The molecule has 0 aromatic heterocycles. The molecule has 0 radical (unpaired) electrons. The molecule has 0 aliphatic carbocycles. The third-order valence-electron chi connectivity index (χ3n) is 2.04. The Bertz CT molecular complexity index is 147. The average molecular weight is 156 g/mol. The molecule has 0 aromatic carbocycles. The minimum atomic E-state index is 0.0836. The SMILES string of the molecule is CCCC1CC(N)CC(=O)N1. The van der Waals surface area contributed by atoms with Crippen LogP contribution in [0.3, 0.4) is 0 Å². The van der Waals surface area contributed by atoms with Crippen LogP contribution >= 0.6 is 0 Å². The quantitative estimate of drug-likeness (QED) is 0.607. The maximum absolute atomic E-state index is 11.0. The second kappa shape index (κ2) is 3.72. The second-order valence-electron chi connectivity index (χ2n) is 3.25. The van der Waals surface area contributed by atoms with E-state index >= 15 is 0 Å². The average Bonchev–Trinajstić information content (AvgIpc) is 1.85. The molecule has 0 saturated carbocycles. The lowest BCUT2D eigenvalue weighted by Crippen LogP contribution is -2.47. The molecule has 11 heavy (non-hydrogen) atoms. The second-order valence-corrected chi connectivity index (χ2v) is 3.25. The van der Waals surface area contributed by atoms with Crippen molar-refractivity contribution in [3.05, 3.63) is 0 Å². The molecule has 1 aliphatic rings. The Labute approximate surface area is 67.3 Å². The van der Waals surface area contributed by atoms with E-state index in [9.17, 15) is 4.79 Å².